The average molecular weight is 298 g/mol. The number of pyridine rings is 1. The Morgan fingerprint density at radius 2 is 2.09 bits per heavy atom. The molecule has 0 bridgehead atoms. The van der Waals surface area contributed by atoms with Gasteiger partial charge in [-0.1, -0.05) is 6.92 Å². The fourth-order valence-corrected chi connectivity index (χ4v) is 2.50. The van der Waals surface area contributed by atoms with E-state index in [2.05, 4.69) is 10.3 Å². The number of hydrogen-bond acceptors (Lipinski definition) is 3. The van der Waals surface area contributed by atoms with Crippen LogP contribution in [0.15, 0.2) is 41.5 Å². The van der Waals surface area contributed by atoms with Gasteiger partial charge in [0.2, 0.25) is 5.91 Å². The highest BCUT2D eigenvalue weighted by Gasteiger charge is 2.14. The highest BCUT2D eigenvalue weighted by molar-refractivity contribution is 5.80. The Kier molecular flexibility index (Phi) is 3.66. The predicted octanol–water partition coefficient (Wildman–Crippen LogP) is 1.56. The Hall–Kier alpha value is -2.63. The molecule has 22 heavy (non-hydrogen) atoms. The second-order valence-corrected chi connectivity index (χ2v) is 5.38. The van der Waals surface area contributed by atoms with Crippen LogP contribution in [0.3, 0.4) is 0 Å². The zero-order valence-corrected chi connectivity index (χ0v) is 12.6. The second kappa shape index (κ2) is 5.63. The van der Waals surface area contributed by atoms with Crippen molar-refractivity contribution < 1.29 is 4.79 Å². The van der Waals surface area contributed by atoms with Crippen molar-refractivity contribution in [1.29, 1.82) is 0 Å². The topological polar surface area (TPSA) is 68.4 Å². The van der Waals surface area contributed by atoms with Crippen molar-refractivity contribution in [2.45, 2.75) is 32.9 Å². The van der Waals surface area contributed by atoms with Gasteiger partial charge in [0.15, 0.2) is 5.65 Å². The maximum Gasteiger partial charge on any atom is 0.276 e. The Balaban J connectivity index is 2.13. The molecule has 3 aromatic heterocycles. The molecule has 0 saturated heterocycles. The van der Waals surface area contributed by atoms with Crippen LogP contribution in [-0.4, -0.2) is 25.9 Å². The maximum absolute atomic E-state index is 12.6. The smallest absolute Gasteiger partial charge is 0.276 e. The van der Waals surface area contributed by atoms with Gasteiger partial charge in [-0.05, 0) is 37.6 Å². The molecule has 0 fully saturated rings. The van der Waals surface area contributed by atoms with E-state index in [0.29, 0.717) is 11.2 Å². The Labute approximate surface area is 127 Å². The fraction of sp³-hybridized carbons (Fsp3) is 0.312. The molecular weight excluding hydrogens is 280 g/mol. The number of carbonyl (C=O) groups is 1. The summed E-state index contributed by atoms with van der Waals surface area (Å²) in [5.41, 5.74) is 1.64. The van der Waals surface area contributed by atoms with Crippen LogP contribution in [0.1, 0.15) is 20.3 Å². The molecule has 0 unspecified atom stereocenters. The van der Waals surface area contributed by atoms with E-state index < -0.39 is 0 Å². The third-order valence-electron chi connectivity index (χ3n) is 3.82. The van der Waals surface area contributed by atoms with E-state index in [1.807, 2.05) is 38.2 Å². The first kappa shape index (κ1) is 14.3. The molecule has 0 radical (unpaired) electrons. The van der Waals surface area contributed by atoms with Gasteiger partial charge in [0, 0.05) is 18.4 Å². The van der Waals surface area contributed by atoms with Crippen molar-refractivity contribution >= 4 is 22.6 Å². The molecule has 0 aliphatic carbocycles. The van der Waals surface area contributed by atoms with E-state index >= 15 is 0 Å². The monoisotopic (exact) mass is 298 g/mol. The third-order valence-corrected chi connectivity index (χ3v) is 3.82. The first-order chi connectivity index (χ1) is 10.6. The molecule has 1 amide bonds. The quantitative estimate of drug-likeness (QED) is 0.795. The summed E-state index contributed by atoms with van der Waals surface area (Å²) >= 11 is 0. The second-order valence-electron chi connectivity index (χ2n) is 5.38. The average Bonchev–Trinajstić information content (AvgIpc) is 3.01. The van der Waals surface area contributed by atoms with Gasteiger partial charge >= 0.3 is 0 Å². The van der Waals surface area contributed by atoms with Crippen molar-refractivity contribution in [1.82, 2.24) is 19.3 Å². The highest BCUT2D eigenvalue weighted by Crippen LogP contribution is 2.12. The van der Waals surface area contributed by atoms with Gasteiger partial charge < -0.3 is 9.72 Å². The van der Waals surface area contributed by atoms with Crippen LogP contribution in [-0.2, 0) is 11.3 Å². The first-order valence-corrected chi connectivity index (χ1v) is 7.35. The lowest BCUT2D eigenvalue weighted by atomic mass is 10.2. The summed E-state index contributed by atoms with van der Waals surface area (Å²) in [4.78, 5) is 29.0. The van der Waals surface area contributed by atoms with Crippen LogP contribution < -0.4 is 10.9 Å². The minimum atomic E-state index is -0.212. The van der Waals surface area contributed by atoms with Crippen molar-refractivity contribution in [2.24, 2.45) is 0 Å². The molecule has 0 saturated carbocycles. The molecular formula is C16H18N4O2. The van der Waals surface area contributed by atoms with Crippen LogP contribution in [0.5, 0.6) is 0 Å². The van der Waals surface area contributed by atoms with Crippen LogP contribution in [0, 0.1) is 0 Å². The molecule has 0 aliphatic heterocycles. The summed E-state index contributed by atoms with van der Waals surface area (Å²) in [6.07, 6.45) is 4.29. The number of hydrogen-bond donors (Lipinski definition) is 1. The Morgan fingerprint density at radius 3 is 2.86 bits per heavy atom. The lowest BCUT2D eigenvalue weighted by Gasteiger charge is -2.14. The predicted molar refractivity (Wildman–Crippen MR) is 84.9 cm³/mol. The van der Waals surface area contributed by atoms with Gasteiger partial charge in [0.05, 0.1) is 5.52 Å². The summed E-state index contributed by atoms with van der Waals surface area (Å²) < 4.78 is 3.23. The lowest BCUT2D eigenvalue weighted by Crippen LogP contribution is -2.37. The highest BCUT2D eigenvalue weighted by atomic mass is 16.2. The molecule has 3 aromatic rings. The summed E-state index contributed by atoms with van der Waals surface area (Å²) in [5.74, 6) is -0.181. The van der Waals surface area contributed by atoms with Crippen LogP contribution >= 0.6 is 0 Å². The van der Waals surface area contributed by atoms with E-state index in [0.717, 1.165) is 11.9 Å². The lowest BCUT2D eigenvalue weighted by molar-refractivity contribution is -0.122. The van der Waals surface area contributed by atoms with Crippen LogP contribution in [0.2, 0.25) is 0 Å². The fourth-order valence-electron chi connectivity index (χ4n) is 2.50. The number of fused-ring (bicyclic) bond motifs is 3. The van der Waals surface area contributed by atoms with Gasteiger partial charge in [-0.2, -0.15) is 0 Å². The standard InChI is InChI=1S/C16H18N4O2/c1-3-11(2)18-14(21)10-20-15-12(6-4-8-17-15)19-9-5-7-13(19)16(20)22/h4-9,11H,3,10H2,1-2H3,(H,18,21)/t11-/m1/s1. The Morgan fingerprint density at radius 1 is 1.32 bits per heavy atom. The van der Waals surface area contributed by atoms with Gasteiger partial charge in [-0.3, -0.25) is 14.2 Å². The van der Waals surface area contributed by atoms with Crippen molar-refractivity contribution in [3.63, 3.8) is 0 Å². The maximum atomic E-state index is 12.6. The molecule has 1 N–H and O–H groups in total. The third kappa shape index (κ3) is 2.36. The van der Waals surface area contributed by atoms with Crippen molar-refractivity contribution in [3.05, 3.63) is 47.0 Å². The first-order valence-electron chi connectivity index (χ1n) is 7.35. The minimum Gasteiger partial charge on any atom is -0.352 e. The molecule has 0 aromatic carbocycles. The molecule has 114 valence electrons. The van der Waals surface area contributed by atoms with E-state index in [1.54, 1.807) is 16.7 Å². The summed E-state index contributed by atoms with van der Waals surface area (Å²) in [6, 6.07) is 7.34. The van der Waals surface area contributed by atoms with Crippen LogP contribution in [0.25, 0.3) is 16.7 Å². The largest absolute Gasteiger partial charge is 0.352 e. The van der Waals surface area contributed by atoms with Crippen molar-refractivity contribution in [3.8, 4) is 0 Å². The van der Waals surface area contributed by atoms with E-state index in [4.69, 9.17) is 0 Å². The van der Waals surface area contributed by atoms with Gasteiger partial charge in [0.25, 0.3) is 5.56 Å². The summed E-state index contributed by atoms with van der Waals surface area (Å²) in [5, 5.41) is 2.88. The number of nitrogens with one attached hydrogen (secondary N) is 1. The van der Waals surface area contributed by atoms with Gasteiger partial charge in [-0.15, -0.1) is 0 Å². The molecule has 1 atom stereocenters. The molecule has 0 aliphatic rings. The number of aromatic nitrogens is 3. The summed E-state index contributed by atoms with van der Waals surface area (Å²) in [6.45, 7) is 3.91. The number of nitrogens with zero attached hydrogens (tertiary/aromatic N) is 3. The normalized spacial score (nSPS) is 12.6. The molecule has 3 rings (SSSR count). The Bertz CT molecular complexity index is 894. The van der Waals surface area contributed by atoms with E-state index in [1.165, 1.54) is 4.57 Å². The van der Waals surface area contributed by atoms with Crippen LogP contribution in [0.4, 0.5) is 0 Å². The molecule has 3 heterocycles. The van der Waals surface area contributed by atoms with E-state index in [-0.39, 0.29) is 24.1 Å². The van der Waals surface area contributed by atoms with Gasteiger partial charge in [0.1, 0.15) is 12.1 Å². The van der Waals surface area contributed by atoms with E-state index in [9.17, 15) is 9.59 Å². The van der Waals surface area contributed by atoms with Crippen molar-refractivity contribution in [2.75, 3.05) is 0 Å². The van der Waals surface area contributed by atoms with Gasteiger partial charge in [-0.25, -0.2) is 4.98 Å². The zero-order valence-electron chi connectivity index (χ0n) is 12.6. The SMILES string of the molecule is CC[C@@H](C)NC(=O)Cn1c(=O)c2cccn2c2cccnc21. The zero-order chi connectivity index (χ0) is 15.7. The number of rotatable bonds is 4. The summed E-state index contributed by atoms with van der Waals surface area (Å²) in [7, 11) is 0. The molecule has 6 nitrogen and oxygen atoms in total. The number of carbonyl (C=O) groups excluding carboxylic acids is 1. The minimum absolute atomic E-state index is 0.0294. The number of amides is 1. The molecule has 6 heteroatoms. The molecule has 0 spiro atoms.